The van der Waals surface area contributed by atoms with Crippen molar-refractivity contribution in [1.82, 2.24) is 10.3 Å². The van der Waals surface area contributed by atoms with E-state index in [1.807, 2.05) is 19.9 Å². The lowest BCUT2D eigenvalue weighted by molar-refractivity contribution is 0.140. The van der Waals surface area contributed by atoms with Crippen LogP contribution in [-0.4, -0.2) is 17.6 Å². The van der Waals surface area contributed by atoms with E-state index >= 15 is 0 Å². The van der Waals surface area contributed by atoms with Crippen LogP contribution in [0.3, 0.4) is 0 Å². The van der Waals surface area contributed by atoms with Crippen LogP contribution in [0.4, 0.5) is 4.79 Å². The average molecular weight is 375 g/mol. The maximum atomic E-state index is 12.7. The van der Waals surface area contributed by atoms with Crippen LogP contribution in [0.1, 0.15) is 49.3 Å². The Morgan fingerprint density at radius 3 is 2.38 bits per heavy atom. The second-order valence-electron chi connectivity index (χ2n) is 7.76. The van der Waals surface area contributed by atoms with Crippen LogP contribution < -0.4 is 10.7 Å². The van der Waals surface area contributed by atoms with Crippen molar-refractivity contribution in [2.45, 2.75) is 46.1 Å². The fourth-order valence-electron chi connectivity index (χ4n) is 3.34. The number of hydrogen-bond donors (Lipinski definition) is 2. The van der Waals surface area contributed by atoms with E-state index in [9.17, 15) is 9.59 Å². The number of aromatic nitrogens is 1. The highest BCUT2D eigenvalue weighted by Crippen LogP contribution is 2.35. The fourth-order valence-corrected chi connectivity index (χ4v) is 3.79. The van der Waals surface area contributed by atoms with E-state index in [0.29, 0.717) is 28.5 Å². The van der Waals surface area contributed by atoms with Crippen molar-refractivity contribution in [3.05, 3.63) is 55.8 Å². The number of amides is 1. The first kappa shape index (κ1) is 18.5. The Kier molecular flexibility index (Phi) is 4.61. The summed E-state index contributed by atoms with van der Waals surface area (Å²) in [7, 11) is 0. The molecule has 1 saturated heterocycles. The number of alkyl carbamates (subject to hydrolysis) is 1. The molecule has 1 unspecified atom stereocenters. The van der Waals surface area contributed by atoms with E-state index in [1.165, 1.54) is 0 Å². The molecule has 0 aliphatic carbocycles. The van der Waals surface area contributed by atoms with Crippen LogP contribution in [0.2, 0.25) is 5.02 Å². The number of ether oxygens (including phenoxy) is 1. The minimum Gasteiger partial charge on any atom is -0.439 e. The van der Waals surface area contributed by atoms with Crippen LogP contribution in [0, 0.1) is 13.8 Å². The monoisotopic (exact) mass is 374 g/mol. The number of aromatic amines is 1. The number of nitrogens with one attached hydrogen (secondary N) is 2. The molecule has 0 spiro atoms. The lowest BCUT2D eigenvalue weighted by atomic mass is 9.85. The van der Waals surface area contributed by atoms with E-state index in [1.54, 1.807) is 6.07 Å². The van der Waals surface area contributed by atoms with Crippen molar-refractivity contribution in [3.63, 3.8) is 0 Å². The number of aryl methyl sites for hydroxylation is 2. The molecule has 1 aromatic carbocycles. The van der Waals surface area contributed by atoms with Crippen LogP contribution in [0.15, 0.2) is 23.0 Å². The van der Waals surface area contributed by atoms with E-state index in [-0.39, 0.29) is 10.8 Å². The number of benzene rings is 1. The summed E-state index contributed by atoms with van der Waals surface area (Å²) in [6.45, 7) is 10.5. The van der Waals surface area contributed by atoms with Crippen molar-refractivity contribution >= 4 is 17.7 Å². The molecule has 3 rings (SSSR count). The molecule has 1 aliphatic heterocycles. The summed E-state index contributed by atoms with van der Waals surface area (Å²) in [5, 5.41) is 3.25. The van der Waals surface area contributed by atoms with E-state index in [0.717, 1.165) is 16.7 Å². The Hall–Kier alpha value is -2.27. The topological polar surface area (TPSA) is 71.2 Å². The zero-order valence-corrected chi connectivity index (χ0v) is 16.4. The minimum absolute atomic E-state index is 0.0626. The van der Waals surface area contributed by atoms with Crippen molar-refractivity contribution in [2.75, 3.05) is 6.54 Å². The molecule has 1 aromatic heterocycles. The van der Waals surface area contributed by atoms with Gasteiger partial charge in [-0.1, -0.05) is 38.4 Å². The van der Waals surface area contributed by atoms with Gasteiger partial charge in [0.05, 0.1) is 12.1 Å². The van der Waals surface area contributed by atoms with E-state index < -0.39 is 12.2 Å². The molecule has 0 radical (unpaired) electrons. The summed E-state index contributed by atoms with van der Waals surface area (Å²) >= 11 is 6.51. The predicted octanol–water partition coefficient (Wildman–Crippen LogP) is 4.39. The summed E-state index contributed by atoms with van der Waals surface area (Å²) < 4.78 is 5.16. The van der Waals surface area contributed by atoms with Gasteiger partial charge in [0.1, 0.15) is 0 Å². The van der Waals surface area contributed by atoms with Gasteiger partial charge in [-0.3, -0.25) is 4.79 Å². The molecule has 5 nitrogen and oxygen atoms in total. The quantitative estimate of drug-likeness (QED) is 0.818. The molecule has 6 heteroatoms. The number of hydrogen-bond acceptors (Lipinski definition) is 3. The number of cyclic esters (lactones) is 1. The van der Waals surface area contributed by atoms with Gasteiger partial charge in [-0.2, -0.15) is 0 Å². The molecule has 26 heavy (non-hydrogen) atoms. The summed E-state index contributed by atoms with van der Waals surface area (Å²) in [6.07, 6.45) is -1.06. The Morgan fingerprint density at radius 2 is 1.85 bits per heavy atom. The Morgan fingerprint density at radius 1 is 1.15 bits per heavy atom. The summed E-state index contributed by atoms with van der Waals surface area (Å²) in [4.78, 5) is 27.2. The standard InChI is InChI=1S/C20H23ClN2O3/c1-10-6-13(20(3,4)5)14(21)7-12(10)15-8-16(24)18(11(2)23-15)17-9-22-19(25)26-17/h6-8,17H,9H2,1-5H3,(H,22,25)(H,23,24). The molecule has 0 bridgehead atoms. The number of H-pyrrole nitrogens is 1. The lowest BCUT2D eigenvalue weighted by Gasteiger charge is -2.23. The number of carbonyl (C=O) groups excluding carboxylic acids is 1. The zero-order valence-electron chi connectivity index (χ0n) is 15.6. The second kappa shape index (κ2) is 6.47. The smallest absolute Gasteiger partial charge is 0.407 e. The summed E-state index contributed by atoms with van der Waals surface area (Å²) in [5.74, 6) is 0. The molecule has 2 aromatic rings. The summed E-state index contributed by atoms with van der Waals surface area (Å²) in [6, 6.07) is 5.52. The predicted molar refractivity (Wildman–Crippen MR) is 103 cm³/mol. The zero-order chi connectivity index (χ0) is 19.2. The molecule has 1 amide bonds. The van der Waals surface area contributed by atoms with Crippen molar-refractivity contribution in [1.29, 1.82) is 0 Å². The number of carbonyl (C=O) groups is 1. The van der Waals surface area contributed by atoms with Gasteiger partial charge in [0.15, 0.2) is 11.5 Å². The van der Waals surface area contributed by atoms with E-state index in [4.69, 9.17) is 16.3 Å². The summed E-state index contributed by atoms with van der Waals surface area (Å²) in [5.41, 5.74) is 4.63. The van der Waals surface area contributed by atoms with Gasteiger partial charge >= 0.3 is 6.09 Å². The van der Waals surface area contributed by atoms with Crippen LogP contribution in [-0.2, 0) is 10.2 Å². The SMILES string of the molecule is Cc1cc(C(C)(C)C)c(Cl)cc1-c1cc(=O)c(C2CNC(=O)O2)c(C)[nH]1. The van der Waals surface area contributed by atoms with Gasteiger partial charge in [0.25, 0.3) is 0 Å². The van der Waals surface area contributed by atoms with Gasteiger partial charge in [-0.05, 0) is 36.5 Å². The third kappa shape index (κ3) is 3.36. The van der Waals surface area contributed by atoms with Crippen LogP contribution in [0.25, 0.3) is 11.3 Å². The highest BCUT2D eigenvalue weighted by molar-refractivity contribution is 6.31. The second-order valence-corrected chi connectivity index (χ2v) is 8.16. The minimum atomic E-state index is -0.562. The third-order valence-electron chi connectivity index (χ3n) is 4.68. The number of halogens is 1. The van der Waals surface area contributed by atoms with Crippen molar-refractivity contribution in [3.8, 4) is 11.3 Å². The molecular weight excluding hydrogens is 352 g/mol. The first-order valence-electron chi connectivity index (χ1n) is 8.57. The first-order chi connectivity index (χ1) is 12.1. The molecule has 0 saturated carbocycles. The molecule has 1 atom stereocenters. The number of pyridine rings is 1. The normalized spacial score (nSPS) is 17.2. The molecule has 2 heterocycles. The maximum Gasteiger partial charge on any atom is 0.407 e. The maximum absolute atomic E-state index is 12.7. The fraction of sp³-hybridized carbons (Fsp3) is 0.400. The Balaban J connectivity index is 2.07. The Bertz CT molecular complexity index is 941. The Labute approximate surface area is 157 Å². The van der Waals surface area contributed by atoms with Gasteiger partial charge in [0, 0.05) is 28.0 Å². The van der Waals surface area contributed by atoms with Gasteiger partial charge in [-0.25, -0.2) is 4.79 Å². The van der Waals surface area contributed by atoms with Crippen LogP contribution in [0.5, 0.6) is 0 Å². The first-order valence-corrected chi connectivity index (χ1v) is 8.95. The van der Waals surface area contributed by atoms with Crippen molar-refractivity contribution in [2.24, 2.45) is 0 Å². The average Bonchev–Trinajstić information content (AvgIpc) is 2.93. The number of rotatable bonds is 2. The largest absolute Gasteiger partial charge is 0.439 e. The van der Waals surface area contributed by atoms with Gasteiger partial charge in [0.2, 0.25) is 0 Å². The molecule has 1 aliphatic rings. The highest BCUT2D eigenvalue weighted by Gasteiger charge is 2.28. The molecule has 1 fully saturated rings. The molecule has 2 N–H and O–H groups in total. The van der Waals surface area contributed by atoms with Crippen molar-refractivity contribution < 1.29 is 9.53 Å². The highest BCUT2D eigenvalue weighted by atomic mass is 35.5. The van der Waals surface area contributed by atoms with Gasteiger partial charge in [-0.15, -0.1) is 0 Å². The third-order valence-corrected chi connectivity index (χ3v) is 5.00. The lowest BCUT2D eigenvalue weighted by Crippen LogP contribution is -2.19. The molecule has 138 valence electrons. The van der Waals surface area contributed by atoms with Gasteiger partial charge < -0.3 is 15.0 Å². The van der Waals surface area contributed by atoms with E-state index in [2.05, 4.69) is 37.1 Å². The van der Waals surface area contributed by atoms with Crippen LogP contribution >= 0.6 is 11.6 Å². The molecular formula is C20H23ClN2O3.